The third kappa shape index (κ3) is 7.10. The van der Waals surface area contributed by atoms with Gasteiger partial charge in [0.1, 0.15) is 11.4 Å². The van der Waals surface area contributed by atoms with Crippen molar-refractivity contribution >= 4 is 17.8 Å². The van der Waals surface area contributed by atoms with Crippen LogP contribution >= 0.6 is 0 Å². The summed E-state index contributed by atoms with van der Waals surface area (Å²) in [6.07, 6.45) is -0.233. The van der Waals surface area contributed by atoms with E-state index in [-0.39, 0.29) is 11.9 Å². The highest BCUT2D eigenvalue weighted by atomic mass is 19.4. The second-order valence-corrected chi connectivity index (χ2v) is 8.05. The third-order valence-electron chi connectivity index (χ3n) is 5.58. The normalized spacial score (nSPS) is 15.0. The Morgan fingerprint density at radius 3 is 2.33 bits per heavy atom. The van der Waals surface area contributed by atoms with Crippen LogP contribution in [0.1, 0.15) is 43.2 Å². The topological polar surface area (TPSA) is 95.2 Å². The van der Waals surface area contributed by atoms with E-state index in [0.717, 1.165) is 30.7 Å². The molecule has 1 aromatic carbocycles. The minimum absolute atomic E-state index is 0.220. The van der Waals surface area contributed by atoms with Gasteiger partial charge in [0.2, 0.25) is 5.91 Å². The van der Waals surface area contributed by atoms with Crippen molar-refractivity contribution in [2.24, 2.45) is 0 Å². The molecule has 0 bridgehead atoms. The lowest BCUT2D eigenvalue weighted by Crippen LogP contribution is -2.59. The highest BCUT2D eigenvalue weighted by molar-refractivity contribution is 5.91. The van der Waals surface area contributed by atoms with Crippen LogP contribution in [-0.4, -0.2) is 35.6 Å². The van der Waals surface area contributed by atoms with Crippen LogP contribution in [0.2, 0.25) is 0 Å². The Morgan fingerprint density at radius 1 is 0.970 bits per heavy atom. The molecule has 0 aliphatic heterocycles. The van der Waals surface area contributed by atoms with Gasteiger partial charge in [-0.25, -0.2) is 9.78 Å². The molecule has 2 aromatic rings. The summed E-state index contributed by atoms with van der Waals surface area (Å²) in [6.45, 7) is 1.16. The molecule has 1 saturated carbocycles. The van der Waals surface area contributed by atoms with Crippen LogP contribution in [0, 0.1) is 0 Å². The zero-order chi connectivity index (χ0) is 23.7. The number of rotatable bonds is 9. The number of anilines is 1. The maximum atomic E-state index is 12.8. The molecular weight excluding hydrogens is 435 g/mol. The quantitative estimate of drug-likeness (QED) is 0.425. The van der Waals surface area contributed by atoms with Crippen molar-refractivity contribution in [3.05, 3.63) is 59.8 Å². The number of amides is 3. The maximum absolute atomic E-state index is 12.8. The number of nitrogens with one attached hydrogen (secondary N) is 4. The number of urea groups is 1. The molecule has 0 saturated heterocycles. The summed E-state index contributed by atoms with van der Waals surface area (Å²) < 4.78 is 37.7. The summed E-state index contributed by atoms with van der Waals surface area (Å²) in [6, 6.07) is 11.4. The number of carbonyl (C=O) groups excluding carboxylic acids is 2. The van der Waals surface area contributed by atoms with Crippen LogP contribution in [0.3, 0.4) is 0 Å². The zero-order valence-electron chi connectivity index (χ0n) is 18.2. The van der Waals surface area contributed by atoms with Crippen molar-refractivity contribution in [2.75, 3.05) is 18.4 Å². The molecule has 3 rings (SSSR count). The fourth-order valence-corrected chi connectivity index (χ4v) is 3.77. The minimum atomic E-state index is -4.42. The van der Waals surface area contributed by atoms with E-state index >= 15 is 0 Å². The Hall–Kier alpha value is -3.30. The predicted octanol–water partition coefficient (Wildman–Crippen LogP) is 3.83. The lowest BCUT2D eigenvalue weighted by molar-refractivity contribution is -0.137. The summed E-state index contributed by atoms with van der Waals surface area (Å²) in [7, 11) is 0. The van der Waals surface area contributed by atoms with Gasteiger partial charge in [-0.3, -0.25) is 4.79 Å². The monoisotopic (exact) mass is 463 g/mol. The van der Waals surface area contributed by atoms with Gasteiger partial charge in [0, 0.05) is 25.8 Å². The van der Waals surface area contributed by atoms with E-state index in [1.54, 1.807) is 0 Å². The number of pyridine rings is 1. The molecule has 10 heteroatoms. The molecule has 1 aliphatic rings. The molecular formula is C23H28F3N5O2. The summed E-state index contributed by atoms with van der Waals surface area (Å²) >= 11 is 0. The number of alkyl halides is 3. The number of benzene rings is 1. The Labute approximate surface area is 190 Å². The van der Waals surface area contributed by atoms with Gasteiger partial charge in [0.25, 0.3) is 0 Å². The van der Waals surface area contributed by atoms with Crippen molar-refractivity contribution in [1.82, 2.24) is 20.9 Å². The first kappa shape index (κ1) is 24.3. The van der Waals surface area contributed by atoms with E-state index in [0.29, 0.717) is 44.7 Å². The third-order valence-corrected chi connectivity index (χ3v) is 5.58. The van der Waals surface area contributed by atoms with Gasteiger partial charge in [0.05, 0.1) is 5.56 Å². The fraction of sp³-hybridized carbons (Fsp3) is 0.435. The van der Waals surface area contributed by atoms with Gasteiger partial charge in [-0.05, 0) is 37.0 Å². The number of hydrogen-bond acceptors (Lipinski definition) is 4. The van der Waals surface area contributed by atoms with E-state index in [9.17, 15) is 22.8 Å². The van der Waals surface area contributed by atoms with Crippen molar-refractivity contribution in [2.45, 2.75) is 50.4 Å². The lowest BCUT2D eigenvalue weighted by Gasteiger charge is -2.29. The number of halogens is 3. The molecule has 3 amide bonds. The first-order valence-electron chi connectivity index (χ1n) is 10.9. The summed E-state index contributed by atoms with van der Waals surface area (Å²) in [5.74, 6) is 0.112. The average molecular weight is 464 g/mol. The fourth-order valence-electron chi connectivity index (χ4n) is 3.77. The van der Waals surface area contributed by atoms with Crippen LogP contribution in [0.4, 0.5) is 23.8 Å². The standard InChI is InChI=1S/C23H28F3N5O2/c24-23(25,26)18-9-10-19(29-16-18)27-13-6-14-28-20(32)22(11-4-5-12-22)31-21(33)30-15-17-7-2-1-3-8-17/h1-3,7-10,16H,4-6,11-15H2,(H,27,29)(H,28,32)(H2,30,31,33). The average Bonchev–Trinajstić information content (AvgIpc) is 3.27. The van der Waals surface area contributed by atoms with Gasteiger partial charge >= 0.3 is 12.2 Å². The molecule has 7 nitrogen and oxygen atoms in total. The maximum Gasteiger partial charge on any atom is 0.417 e. The molecule has 1 aliphatic carbocycles. The molecule has 1 fully saturated rings. The van der Waals surface area contributed by atoms with Gasteiger partial charge in [-0.15, -0.1) is 0 Å². The smallest absolute Gasteiger partial charge is 0.370 e. The van der Waals surface area contributed by atoms with Gasteiger partial charge in [-0.2, -0.15) is 13.2 Å². The second-order valence-electron chi connectivity index (χ2n) is 8.05. The first-order chi connectivity index (χ1) is 15.8. The highest BCUT2D eigenvalue weighted by Gasteiger charge is 2.42. The van der Waals surface area contributed by atoms with E-state index < -0.39 is 17.3 Å². The van der Waals surface area contributed by atoms with Gasteiger partial charge < -0.3 is 21.3 Å². The van der Waals surface area contributed by atoms with Crippen LogP contribution in [0.5, 0.6) is 0 Å². The summed E-state index contributed by atoms with van der Waals surface area (Å²) in [5.41, 5.74) is -0.765. The number of hydrogen-bond donors (Lipinski definition) is 4. The molecule has 178 valence electrons. The zero-order valence-corrected chi connectivity index (χ0v) is 18.2. The Balaban J connectivity index is 1.41. The van der Waals surface area contributed by atoms with E-state index in [1.807, 2.05) is 30.3 Å². The van der Waals surface area contributed by atoms with Crippen LogP contribution < -0.4 is 21.3 Å². The number of aromatic nitrogens is 1. The van der Waals surface area contributed by atoms with Crippen molar-refractivity contribution in [3.63, 3.8) is 0 Å². The molecule has 4 N–H and O–H groups in total. The lowest BCUT2D eigenvalue weighted by atomic mass is 9.96. The number of carbonyl (C=O) groups is 2. The molecule has 0 atom stereocenters. The van der Waals surface area contributed by atoms with Crippen LogP contribution in [0.25, 0.3) is 0 Å². The molecule has 1 aromatic heterocycles. The Kier molecular flexibility index (Phi) is 8.13. The number of nitrogens with zero attached hydrogens (tertiary/aromatic N) is 1. The minimum Gasteiger partial charge on any atom is -0.370 e. The van der Waals surface area contributed by atoms with E-state index in [1.165, 1.54) is 6.07 Å². The Bertz CT molecular complexity index is 914. The van der Waals surface area contributed by atoms with Crippen LogP contribution in [-0.2, 0) is 17.5 Å². The van der Waals surface area contributed by atoms with Crippen molar-refractivity contribution in [3.8, 4) is 0 Å². The molecule has 1 heterocycles. The molecule has 33 heavy (non-hydrogen) atoms. The SMILES string of the molecule is O=C(NCc1ccccc1)NC1(C(=O)NCCCNc2ccc(C(F)(F)F)cn2)CCCC1. The van der Waals surface area contributed by atoms with Crippen molar-refractivity contribution in [1.29, 1.82) is 0 Å². The second kappa shape index (κ2) is 11.0. The van der Waals surface area contributed by atoms with E-state index in [2.05, 4.69) is 26.3 Å². The first-order valence-corrected chi connectivity index (χ1v) is 10.9. The van der Waals surface area contributed by atoms with Crippen molar-refractivity contribution < 1.29 is 22.8 Å². The molecule has 0 radical (unpaired) electrons. The van der Waals surface area contributed by atoms with E-state index in [4.69, 9.17) is 0 Å². The largest absolute Gasteiger partial charge is 0.417 e. The highest BCUT2D eigenvalue weighted by Crippen LogP contribution is 2.30. The summed E-state index contributed by atoms with van der Waals surface area (Å²) in [5, 5.41) is 11.5. The Morgan fingerprint density at radius 2 is 1.70 bits per heavy atom. The van der Waals surface area contributed by atoms with Crippen LogP contribution in [0.15, 0.2) is 48.7 Å². The molecule has 0 spiro atoms. The summed E-state index contributed by atoms with van der Waals surface area (Å²) in [4.78, 5) is 29.0. The predicted molar refractivity (Wildman–Crippen MR) is 118 cm³/mol. The molecule has 0 unspecified atom stereocenters. The van der Waals surface area contributed by atoms with Gasteiger partial charge in [-0.1, -0.05) is 43.2 Å². The van der Waals surface area contributed by atoms with Gasteiger partial charge in [0.15, 0.2) is 0 Å².